The van der Waals surface area contributed by atoms with E-state index in [-0.39, 0.29) is 6.10 Å². The quantitative estimate of drug-likeness (QED) is 0.829. The molecule has 2 rings (SSSR count). The van der Waals surface area contributed by atoms with Crippen molar-refractivity contribution < 1.29 is 9.47 Å². The minimum absolute atomic E-state index is 0.161. The molecule has 0 spiro atoms. The summed E-state index contributed by atoms with van der Waals surface area (Å²) in [5.41, 5.74) is 0.991. The van der Waals surface area contributed by atoms with Gasteiger partial charge < -0.3 is 14.8 Å². The largest absolute Gasteiger partial charge is 0.487 e. The SMILES string of the molecule is CNc1cccc(OC(C)C)c1OC1CC1. The summed E-state index contributed by atoms with van der Waals surface area (Å²) >= 11 is 0. The third-order valence-corrected chi connectivity index (χ3v) is 2.42. The highest BCUT2D eigenvalue weighted by molar-refractivity contribution is 5.63. The minimum Gasteiger partial charge on any atom is -0.487 e. The Bertz CT molecular complexity index is 359. The maximum atomic E-state index is 5.89. The van der Waals surface area contributed by atoms with Crippen LogP contribution in [-0.2, 0) is 0 Å². The second-order valence-electron chi connectivity index (χ2n) is 4.37. The van der Waals surface area contributed by atoms with Gasteiger partial charge >= 0.3 is 0 Å². The number of nitrogens with one attached hydrogen (secondary N) is 1. The number of hydrogen-bond acceptors (Lipinski definition) is 3. The van der Waals surface area contributed by atoms with E-state index in [1.165, 1.54) is 0 Å². The second-order valence-corrected chi connectivity index (χ2v) is 4.37. The smallest absolute Gasteiger partial charge is 0.184 e. The first-order chi connectivity index (χ1) is 7.70. The monoisotopic (exact) mass is 221 g/mol. The van der Waals surface area contributed by atoms with Crippen molar-refractivity contribution in [2.45, 2.75) is 38.9 Å². The zero-order valence-electron chi connectivity index (χ0n) is 10.1. The normalized spacial score (nSPS) is 15.0. The Labute approximate surface area is 96.8 Å². The number of hydrogen-bond donors (Lipinski definition) is 1. The molecule has 16 heavy (non-hydrogen) atoms. The van der Waals surface area contributed by atoms with Gasteiger partial charge in [-0.3, -0.25) is 0 Å². The molecule has 1 fully saturated rings. The van der Waals surface area contributed by atoms with Crippen LogP contribution in [0.15, 0.2) is 18.2 Å². The van der Waals surface area contributed by atoms with E-state index in [1.807, 2.05) is 39.1 Å². The van der Waals surface area contributed by atoms with Gasteiger partial charge in [0.1, 0.15) is 0 Å². The number of benzene rings is 1. The van der Waals surface area contributed by atoms with Crippen LogP contribution in [0.4, 0.5) is 5.69 Å². The lowest BCUT2D eigenvalue weighted by atomic mass is 10.2. The number of anilines is 1. The molecule has 1 saturated carbocycles. The van der Waals surface area contributed by atoms with Gasteiger partial charge in [0.25, 0.3) is 0 Å². The van der Waals surface area contributed by atoms with Crippen LogP contribution >= 0.6 is 0 Å². The van der Waals surface area contributed by atoms with E-state index in [2.05, 4.69) is 5.32 Å². The Balaban J connectivity index is 2.25. The topological polar surface area (TPSA) is 30.5 Å². The van der Waals surface area contributed by atoms with Crippen molar-refractivity contribution in [1.82, 2.24) is 0 Å². The molecule has 0 atom stereocenters. The Kier molecular flexibility index (Phi) is 3.22. The van der Waals surface area contributed by atoms with Crippen LogP contribution in [0.1, 0.15) is 26.7 Å². The van der Waals surface area contributed by atoms with E-state index in [0.29, 0.717) is 6.10 Å². The molecule has 1 aliphatic rings. The van der Waals surface area contributed by atoms with Gasteiger partial charge in [-0.2, -0.15) is 0 Å². The molecule has 1 N–H and O–H groups in total. The van der Waals surface area contributed by atoms with E-state index in [9.17, 15) is 0 Å². The summed E-state index contributed by atoms with van der Waals surface area (Å²) < 4.78 is 11.6. The van der Waals surface area contributed by atoms with Crippen molar-refractivity contribution in [3.8, 4) is 11.5 Å². The molecule has 3 heteroatoms. The van der Waals surface area contributed by atoms with Crippen LogP contribution in [-0.4, -0.2) is 19.3 Å². The predicted molar refractivity (Wildman–Crippen MR) is 65.4 cm³/mol. The molecule has 0 bridgehead atoms. The van der Waals surface area contributed by atoms with Crippen LogP contribution in [0.2, 0.25) is 0 Å². The van der Waals surface area contributed by atoms with Crippen molar-refractivity contribution in [1.29, 1.82) is 0 Å². The van der Waals surface area contributed by atoms with Crippen LogP contribution in [0.3, 0.4) is 0 Å². The van der Waals surface area contributed by atoms with Gasteiger partial charge in [0, 0.05) is 7.05 Å². The van der Waals surface area contributed by atoms with Gasteiger partial charge in [-0.05, 0) is 38.8 Å². The van der Waals surface area contributed by atoms with Gasteiger partial charge in [0.15, 0.2) is 11.5 Å². The van der Waals surface area contributed by atoms with E-state index >= 15 is 0 Å². The first kappa shape index (κ1) is 11.1. The first-order valence-corrected chi connectivity index (χ1v) is 5.84. The number of ether oxygens (including phenoxy) is 2. The summed E-state index contributed by atoms with van der Waals surface area (Å²) in [6.45, 7) is 4.04. The molecule has 1 aliphatic carbocycles. The molecule has 0 aliphatic heterocycles. The fourth-order valence-corrected chi connectivity index (χ4v) is 1.53. The molecule has 0 amide bonds. The second kappa shape index (κ2) is 4.64. The van der Waals surface area contributed by atoms with Gasteiger partial charge in [-0.1, -0.05) is 6.07 Å². The molecule has 0 aromatic heterocycles. The predicted octanol–water partition coefficient (Wildman–Crippen LogP) is 3.06. The van der Waals surface area contributed by atoms with Gasteiger partial charge in [0.05, 0.1) is 17.9 Å². The lowest BCUT2D eigenvalue weighted by molar-refractivity contribution is 0.218. The summed E-state index contributed by atoms with van der Waals surface area (Å²) in [6.07, 6.45) is 2.84. The van der Waals surface area contributed by atoms with Gasteiger partial charge in [0.2, 0.25) is 0 Å². The highest BCUT2D eigenvalue weighted by Gasteiger charge is 2.26. The van der Waals surface area contributed by atoms with Crippen molar-refractivity contribution in [2.75, 3.05) is 12.4 Å². The van der Waals surface area contributed by atoms with Crippen LogP contribution < -0.4 is 14.8 Å². The summed E-state index contributed by atoms with van der Waals surface area (Å²) in [4.78, 5) is 0. The van der Waals surface area contributed by atoms with E-state index in [0.717, 1.165) is 30.0 Å². The fraction of sp³-hybridized carbons (Fsp3) is 0.538. The molecule has 3 nitrogen and oxygen atoms in total. The van der Waals surface area contributed by atoms with Crippen LogP contribution in [0.25, 0.3) is 0 Å². The maximum absolute atomic E-state index is 5.89. The van der Waals surface area contributed by atoms with Gasteiger partial charge in [-0.25, -0.2) is 0 Å². The Hall–Kier alpha value is -1.38. The van der Waals surface area contributed by atoms with Crippen molar-refractivity contribution in [2.24, 2.45) is 0 Å². The molecule has 88 valence electrons. The molecular weight excluding hydrogens is 202 g/mol. The van der Waals surface area contributed by atoms with E-state index in [4.69, 9.17) is 9.47 Å². The average Bonchev–Trinajstić information content (AvgIpc) is 3.03. The first-order valence-electron chi connectivity index (χ1n) is 5.84. The van der Waals surface area contributed by atoms with Crippen molar-refractivity contribution in [3.63, 3.8) is 0 Å². The summed E-state index contributed by atoms with van der Waals surface area (Å²) in [6, 6.07) is 5.94. The minimum atomic E-state index is 0.161. The van der Waals surface area contributed by atoms with Crippen molar-refractivity contribution >= 4 is 5.69 Å². The Morgan fingerprint density at radius 1 is 1.31 bits per heavy atom. The van der Waals surface area contributed by atoms with E-state index < -0.39 is 0 Å². The molecule has 1 aromatic rings. The number of para-hydroxylation sites is 1. The number of rotatable bonds is 5. The summed E-state index contributed by atoms with van der Waals surface area (Å²) in [5.74, 6) is 1.68. The highest BCUT2D eigenvalue weighted by atomic mass is 16.5. The lowest BCUT2D eigenvalue weighted by Crippen LogP contribution is -2.09. The molecule has 0 unspecified atom stereocenters. The fourth-order valence-electron chi connectivity index (χ4n) is 1.53. The zero-order valence-corrected chi connectivity index (χ0v) is 10.1. The summed E-state index contributed by atoms with van der Waals surface area (Å²) in [5, 5.41) is 3.14. The third-order valence-electron chi connectivity index (χ3n) is 2.42. The summed E-state index contributed by atoms with van der Waals surface area (Å²) in [7, 11) is 1.90. The molecule has 0 saturated heterocycles. The molecular formula is C13H19NO2. The van der Waals surface area contributed by atoms with Gasteiger partial charge in [-0.15, -0.1) is 0 Å². The highest BCUT2D eigenvalue weighted by Crippen LogP contribution is 2.39. The lowest BCUT2D eigenvalue weighted by Gasteiger charge is -2.17. The van der Waals surface area contributed by atoms with E-state index in [1.54, 1.807) is 0 Å². The third kappa shape index (κ3) is 2.60. The molecule has 0 radical (unpaired) electrons. The standard InChI is InChI=1S/C13H19NO2/c1-9(2)15-12-6-4-5-11(14-3)13(12)16-10-7-8-10/h4-6,9-10,14H,7-8H2,1-3H3. The van der Waals surface area contributed by atoms with Crippen LogP contribution in [0, 0.1) is 0 Å². The maximum Gasteiger partial charge on any atom is 0.184 e. The Morgan fingerprint density at radius 3 is 2.62 bits per heavy atom. The van der Waals surface area contributed by atoms with Crippen LogP contribution in [0.5, 0.6) is 11.5 Å². The molecule has 1 aromatic carbocycles. The average molecular weight is 221 g/mol. The zero-order chi connectivity index (χ0) is 11.5. The molecule has 0 heterocycles. The Morgan fingerprint density at radius 2 is 2.06 bits per heavy atom. The van der Waals surface area contributed by atoms with Crippen molar-refractivity contribution in [3.05, 3.63) is 18.2 Å².